The van der Waals surface area contributed by atoms with Crippen LogP contribution in [0.5, 0.6) is 5.75 Å². The van der Waals surface area contributed by atoms with E-state index >= 15 is 0 Å². The average molecular weight is 479 g/mol. The number of rotatable bonds is 6. The quantitative estimate of drug-likeness (QED) is 0.417. The van der Waals surface area contributed by atoms with Gasteiger partial charge in [0.1, 0.15) is 5.75 Å². The summed E-state index contributed by atoms with van der Waals surface area (Å²) in [5.41, 5.74) is 2.08. The SMILES string of the molecule is COc1ccc(S(=O)(=O)N2CCN(Cc3nc(-c4ccc(C)cc4)no3)CC2)c2ccccc12. The molecule has 1 aliphatic heterocycles. The minimum Gasteiger partial charge on any atom is -0.496 e. The Hall–Kier alpha value is -3.27. The van der Waals surface area contributed by atoms with E-state index in [2.05, 4.69) is 15.0 Å². The lowest BCUT2D eigenvalue weighted by Gasteiger charge is -2.33. The van der Waals surface area contributed by atoms with Gasteiger partial charge in [-0.3, -0.25) is 4.90 Å². The van der Waals surface area contributed by atoms with E-state index in [1.165, 1.54) is 5.56 Å². The maximum absolute atomic E-state index is 13.5. The molecule has 0 atom stereocenters. The summed E-state index contributed by atoms with van der Waals surface area (Å²) in [4.78, 5) is 6.94. The van der Waals surface area contributed by atoms with Gasteiger partial charge >= 0.3 is 0 Å². The second-order valence-electron chi connectivity index (χ2n) is 8.37. The minimum absolute atomic E-state index is 0.303. The standard InChI is InChI=1S/C25H26N4O4S/c1-18-7-9-19(10-8-18)25-26-24(33-27-25)17-28-13-15-29(16-14-28)34(30,31)23-12-11-22(32-2)20-5-3-4-6-21(20)23/h3-12H,13-17H2,1-2H3. The highest BCUT2D eigenvalue weighted by molar-refractivity contribution is 7.89. The summed E-state index contributed by atoms with van der Waals surface area (Å²) in [5, 5.41) is 5.54. The molecule has 0 N–H and O–H groups in total. The lowest BCUT2D eigenvalue weighted by atomic mass is 10.1. The molecule has 0 bridgehead atoms. The number of benzene rings is 3. The topological polar surface area (TPSA) is 88.8 Å². The lowest BCUT2D eigenvalue weighted by molar-refractivity contribution is 0.163. The van der Waals surface area contributed by atoms with E-state index in [1.807, 2.05) is 55.5 Å². The van der Waals surface area contributed by atoms with Crippen LogP contribution in [-0.4, -0.2) is 61.1 Å². The number of methoxy groups -OCH3 is 1. The third-order valence-electron chi connectivity index (χ3n) is 6.15. The van der Waals surface area contributed by atoms with Gasteiger partial charge in [-0.2, -0.15) is 9.29 Å². The number of fused-ring (bicyclic) bond motifs is 1. The van der Waals surface area contributed by atoms with Crippen LogP contribution in [0.1, 0.15) is 11.5 Å². The Morgan fingerprint density at radius 3 is 2.35 bits per heavy atom. The van der Waals surface area contributed by atoms with Crippen molar-refractivity contribution in [2.75, 3.05) is 33.3 Å². The van der Waals surface area contributed by atoms with E-state index in [9.17, 15) is 8.42 Å². The van der Waals surface area contributed by atoms with Crippen molar-refractivity contribution >= 4 is 20.8 Å². The van der Waals surface area contributed by atoms with E-state index in [1.54, 1.807) is 23.5 Å². The molecule has 9 heteroatoms. The summed E-state index contributed by atoms with van der Waals surface area (Å²) in [7, 11) is -2.06. The van der Waals surface area contributed by atoms with Crippen molar-refractivity contribution in [3.63, 3.8) is 0 Å². The summed E-state index contributed by atoms with van der Waals surface area (Å²) in [6, 6.07) is 18.7. The molecule has 1 fully saturated rings. The molecule has 0 spiro atoms. The van der Waals surface area contributed by atoms with Crippen LogP contribution >= 0.6 is 0 Å². The molecule has 1 aromatic heterocycles. The third kappa shape index (κ3) is 4.29. The minimum atomic E-state index is -3.65. The zero-order chi connectivity index (χ0) is 23.7. The molecule has 1 aliphatic rings. The first-order valence-electron chi connectivity index (χ1n) is 11.1. The fourth-order valence-corrected chi connectivity index (χ4v) is 5.86. The molecule has 3 aromatic carbocycles. The first kappa shape index (κ1) is 22.5. The monoisotopic (exact) mass is 478 g/mol. The fraction of sp³-hybridized carbons (Fsp3) is 0.280. The molecule has 0 radical (unpaired) electrons. The van der Waals surface area contributed by atoms with Crippen LogP contribution in [0.3, 0.4) is 0 Å². The molecule has 176 valence electrons. The molecule has 0 aliphatic carbocycles. The van der Waals surface area contributed by atoms with Crippen molar-refractivity contribution in [1.82, 2.24) is 19.3 Å². The van der Waals surface area contributed by atoms with Crippen molar-refractivity contribution < 1.29 is 17.7 Å². The van der Waals surface area contributed by atoms with Crippen LogP contribution in [0.15, 0.2) is 70.1 Å². The average Bonchev–Trinajstić information content (AvgIpc) is 3.32. The molecular weight excluding hydrogens is 452 g/mol. The number of ether oxygens (including phenoxy) is 1. The van der Waals surface area contributed by atoms with Gasteiger partial charge in [0.2, 0.25) is 21.7 Å². The highest BCUT2D eigenvalue weighted by Gasteiger charge is 2.30. The van der Waals surface area contributed by atoms with E-state index in [0.717, 1.165) is 10.9 Å². The second kappa shape index (κ2) is 9.17. The molecule has 0 amide bonds. The summed E-state index contributed by atoms with van der Waals surface area (Å²) >= 11 is 0. The molecule has 2 heterocycles. The summed E-state index contributed by atoms with van der Waals surface area (Å²) in [5.74, 6) is 1.74. The van der Waals surface area contributed by atoms with Gasteiger partial charge in [-0.05, 0) is 19.1 Å². The van der Waals surface area contributed by atoms with Gasteiger partial charge in [0.25, 0.3) is 0 Å². The Kier molecular flexibility index (Phi) is 6.07. The highest BCUT2D eigenvalue weighted by Crippen LogP contribution is 2.32. The van der Waals surface area contributed by atoms with Gasteiger partial charge in [-0.15, -0.1) is 0 Å². The van der Waals surface area contributed by atoms with E-state index < -0.39 is 10.0 Å². The van der Waals surface area contributed by atoms with Gasteiger partial charge in [-0.1, -0.05) is 59.3 Å². The lowest BCUT2D eigenvalue weighted by Crippen LogP contribution is -2.48. The molecule has 4 aromatic rings. The molecule has 34 heavy (non-hydrogen) atoms. The Bertz CT molecular complexity index is 1410. The Balaban J connectivity index is 1.28. The first-order valence-corrected chi connectivity index (χ1v) is 12.6. The number of piperazine rings is 1. The maximum atomic E-state index is 13.5. The molecule has 5 rings (SSSR count). The van der Waals surface area contributed by atoms with Crippen molar-refractivity contribution in [3.05, 3.63) is 72.1 Å². The van der Waals surface area contributed by atoms with Crippen LogP contribution in [0, 0.1) is 6.92 Å². The number of aryl methyl sites for hydroxylation is 1. The van der Waals surface area contributed by atoms with Crippen molar-refractivity contribution in [2.45, 2.75) is 18.4 Å². The normalized spacial score (nSPS) is 15.6. The predicted molar refractivity (Wildman–Crippen MR) is 129 cm³/mol. The van der Waals surface area contributed by atoms with Crippen molar-refractivity contribution in [1.29, 1.82) is 0 Å². The van der Waals surface area contributed by atoms with Crippen molar-refractivity contribution in [3.8, 4) is 17.1 Å². The first-order chi connectivity index (χ1) is 16.5. The molecule has 1 saturated heterocycles. The maximum Gasteiger partial charge on any atom is 0.243 e. The number of sulfonamides is 1. The Labute approximate surface area is 198 Å². The summed E-state index contributed by atoms with van der Waals surface area (Å²) in [6.45, 7) is 4.45. The number of nitrogens with zero attached hydrogens (tertiary/aromatic N) is 4. The molecule has 0 saturated carbocycles. The van der Waals surface area contributed by atoms with Gasteiger partial charge in [0.05, 0.1) is 18.6 Å². The van der Waals surface area contributed by atoms with Crippen LogP contribution < -0.4 is 4.74 Å². The molecule has 0 unspecified atom stereocenters. The zero-order valence-corrected chi connectivity index (χ0v) is 20.0. The summed E-state index contributed by atoms with van der Waals surface area (Å²) < 4.78 is 39.3. The number of hydrogen-bond donors (Lipinski definition) is 0. The van der Waals surface area contributed by atoms with Gasteiger partial charge in [0.15, 0.2) is 0 Å². The zero-order valence-electron chi connectivity index (χ0n) is 19.1. The second-order valence-corrected chi connectivity index (χ2v) is 10.3. The van der Waals surface area contributed by atoms with Crippen molar-refractivity contribution in [2.24, 2.45) is 0 Å². The predicted octanol–water partition coefficient (Wildman–Crippen LogP) is 3.71. The van der Waals surface area contributed by atoms with E-state index in [4.69, 9.17) is 9.26 Å². The van der Waals surface area contributed by atoms with Crippen LogP contribution in [0.4, 0.5) is 0 Å². The van der Waals surface area contributed by atoms with Gasteiger partial charge in [0, 0.05) is 42.5 Å². The largest absolute Gasteiger partial charge is 0.496 e. The van der Waals surface area contributed by atoms with Crippen LogP contribution in [0.2, 0.25) is 0 Å². The fourth-order valence-electron chi connectivity index (χ4n) is 4.24. The van der Waals surface area contributed by atoms with Crippen LogP contribution in [-0.2, 0) is 16.6 Å². The van der Waals surface area contributed by atoms with Crippen LogP contribution in [0.25, 0.3) is 22.2 Å². The van der Waals surface area contributed by atoms with Gasteiger partial charge in [-0.25, -0.2) is 8.42 Å². The van der Waals surface area contributed by atoms with E-state index in [0.29, 0.717) is 60.5 Å². The van der Waals surface area contributed by atoms with E-state index in [-0.39, 0.29) is 0 Å². The number of hydrogen-bond acceptors (Lipinski definition) is 7. The van der Waals surface area contributed by atoms with Gasteiger partial charge < -0.3 is 9.26 Å². The Morgan fingerprint density at radius 2 is 1.65 bits per heavy atom. The smallest absolute Gasteiger partial charge is 0.243 e. The Morgan fingerprint density at radius 1 is 0.941 bits per heavy atom. The summed E-state index contributed by atoms with van der Waals surface area (Å²) in [6.07, 6.45) is 0. The molecular formula is C25H26N4O4S. The third-order valence-corrected chi connectivity index (χ3v) is 8.11. The number of aromatic nitrogens is 2. The highest BCUT2D eigenvalue weighted by atomic mass is 32.2. The molecule has 8 nitrogen and oxygen atoms in total.